The zero-order chi connectivity index (χ0) is 24.2. The number of aliphatic hydroxyl groups excluding tert-OH is 1. The van der Waals surface area contributed by atoms with Crippen molar-refractivity contribution in [1.82, 2.24) is 14.4 Å². The van der Waals surface area contributed by atoms with Gasteiger partial charge in [0.05, 0.1) is 19.3 Å². The number of hydrogen-bond donors (Lipinski definition) is 1. The molecule has 0 radical (unpaired) electrons. The molecule has 2 aliphatic heterocycles. The molecule has 0 bridgehead atoms. The highest BCUT2D eigenvalue weighted by Crippen LogP contribution is 2.26. The Morgan fingerprint density at radius 1 is 1.15 bits per heavy atom. The average molecular weight is 470 g/mol. The summed E-state index contributed by atoms with van der Waals surface area (Å²) in [5, 5.41) is 10.1. The molecule has 8 nitrogen and oxygen atoms in total. The zero-order valence-electron chi connectivity index (χ0n) is 20.3. The number of methoxy groups -OCH3 is 1. The number of carbonyl (C=O) groups excluding carboxylic acids is 1. The van der Waals surface area contributed by atoms with Crippen LogP contribution in [0.2, 0.25) is 0 Å². The van der Waals surface area contributed by atoms with Crippen LogP contribution in [0.15, 0.2) is 35.1 Å². The van der Waals surface area contributed by atoms with Crippen molar-refractivity contribution in [3.05, 3.63) is 57.5 Å². The second-order valence-corrected chi connectivity index (χ2v) is 9.41. The average Bonchev–Trinajstić information content (AvgIpc) is 3.02. The summed E-state index contributed by atoms with van der Waals surface area (Å²) in [5.74, 6) is 0.996. The van der Waals surface area contributed by atoms with Crippen LogP contribution in [-0.4, -0.2) is 70.9 Å². The quantitative estimate of drug-likeness (QED) is 0.699. The van der Waals surface area contributed by atoms with Crippen molar-refractivity contribution in [1.29, 1.82) is 0 Å². The first-order valence-corrected chi connectivity index (χ1v) is 12.1. The van der Waals surface area contributed by atoms with Crippen molar-refractivity contribution >= 4 is 5.91 Å². The van der Waals surface area contributed by atoms with Gasteiger partial charge in [-0.15, -0.1) is 0 Å². The van der Waals surface area contributed by atoms with Gasteiger partial charge in [-0.2, -0.15) is 0 Å². The zero-order valence-corrected chi connectivity index (χ0v) is 20.3. The summed E-state index contributed by atoms with van der Waals surface area (Å²) >= 11 is 0. The van der Waals surface area contributed by atoms with Crippen LogP contribution in [0.4, 0.5) is 0 Å². The highest BCUT2D eigenvalue weighted by molar-refractivity contribution is 5.98. The number of likely N-dealkylation sites (tertiary alicyclic amines) is 1. The monoisotopic (exact) mass is 469 g/mol. The fourth-order valence-corrected chi connectivity index (χ4v) is 4.84. The number of piperidine rings is 1. The number of β-amino-alcohol motifs (C(OH)–C–C–N with tert-alkyl or cyclic N) is 1. The molecule has 0 spiro atoms. The van der Waals surface area contributed by atoms with E-state index in [1.165, 1.54) is 18.7 Å². The molecule has 0 unspecified atom stereocenters. The van der Waals surface area contributed by atoms with Crippen molar-refractivity contribution < 1.29 is 19.4 Å². The van der Waals surface area contributed by atoms with Gasteiger partial charge < -0.3 is 24.0 Å². The molecule has 1 aromatic heterocycles. The van der Waals surface area contributed by atoms with Gasteiger partial charge in [0, 0.05) is 57.4 Å². The van der Waals surface area contributed by atoms with E-state index < -0.39 is 6.10 Å². The third-order valence-corrected chi connectivity index (χ3v) is 6.50. The van der Waals surface area contributed by atoms with E-state index in [2.05, 4.69) is 17.0 Å². The molecule has 1 N–H and O–H groups in total. The summed E-state index contributed by atoms with van der Waals surface area (Å²) < 4.78 is 12.9. The van der Waals surface area contributed by atoms with E-state index in [0.717, 1.165) is 31.0 Å². The van der Waals surface area contributed by atoms with Gasteiger partial charge in [-0.1, -0.05) is 12.1 Å². The van der Waals surface area contributed by atoms with Gasteiger partial charge in [0.25, 0.3) is 11.5 Å². The summed E-state index contributed by atoms with van der Waals surface area (Å²) in [7, 11) is 1.49. The van der Waals surface area contributed by atoms with E-state index in [-0.39, 0.29) is 17.6 Å². The molecule has 0 aliphatic carbocycles. The summed E-state index contributed by atoms with van der Waals surface area (Å²) in [6.45, 7) is 7.61. The second-order valence-electron chi connectivity index (χ2n) is 9.41. The maximum absolute atomic E-state index is 13.5. The first kappa shape index (κ1) is 24.3. The third kappa shape index (κ3) is 5.45. The molecule has 2 aromatic rings. The second kappa shape index (κ2) is 10.6. The van der Waals surface area contributed by atoms with E-state index in [4.69, 9.17) is 9.47 Å². The predicted molar refractivity (Wildman–Crippen MR) is 130 cm³/mol. The number of pyridine rings is 1. The number of rotatable bonds is 6. The predicted octanol–water partition coefficient (Wildman–Crippen LogP) is 2.30. The number of fused-ring (bicyclic) bond motifs is 1. The van der Waals surface area contributed by atoms with Gasteiger partial charge in [-0.05, 0) is 44.4 Å². The Hall–Kier alpha value is -2.84. The fraction of sp³-hybridized carbons (Fsp3) is 0.538. The van der Waals surface area contributed by atoms with Crippen LogP contribution in [0.25, 0.3) is 0 Å². The van der Waals surface area contributed by atoms with Crippen LogP contribution in [0.1, 0.15) is 48.3 Å². The number of nitrogens with zero attached hydrogens (tertiary/aromatic N) is 3. The molecule has 4 rings (SSSR count). The van der Waals surface area contributed by atoms with Crippen LogP contribution in [0, 0.1) is 0 Å². The van der Waals surface area contributed by atoms with Crippen LogP contribution in [0.5, 0.6) is 11.5 Å². The Morgan fingerprint density at radius 2 is 1.91 bits per heavy atom. The highest BCUT2D eigenvalue weighted by Gasteiger charge is 2.30. The summed E-state index contributed by atoms with van der Waals surface area (Å²) in [5.41, 5.74) is 2.19. The molecule has 1 atom stereocenters. The Bertz CT molecular complexity index is 1060. The number of ether oxygens (including phenoxy) is 2. The number of benzene rings is 1. The minimum absolute atomic E-state index is 0.135. The van der Waals surface area contributed by atoms with E-state index in [0.29, 0.717) is 50.3 Å². The van der Waals surface area contributed by atoms with E-state index in [1.807, 2.05) is 26.0 Å². The molecular weight excluding hydrogens is 434 g/mol. The first-order chi connectivity index (χ1) is 16.4. The summed E-state index contributed by atoms with van der Waals surface area (Å²) in [6.07, 6.45) is 1.65. The Morgan fingerprint density at radius 3 is 2.59 bits per heavy atom. The standard InChI is InChI=1S/C26H35N3O5/c1-18(2)34-21-8-6-19(7-9-21)16-27-12-10-22-25(26(32)28-11-4-5-20(30)17-28)23(33-3)15-24(31)29(22)14-13-27/h6-9,15,18,20,30H,4-5,10-14,16-17H2,1-3H3/t20-/m1/s1. The van der Waals surface area contributed by atoms with Gasteiger partial charge in [0.15, 0.2) is 0 Å². The van der Waals surface area contributed by atoms with E-state index >= 15 is 0 Å². The smallest absolute Gasteiger partial charge is 0.259 e. The molecule has 2 aliphatic rings. The molecule has 184 valence electrons. The molecule has 3 heterocycles. The molecule has 1 aromatic carbocycles. The number of carbonyl (C=O) groups is 1. The van der Waals surface area contributed by atoms with Gasteiger partial charge in [0.2, 0.25) is 0 Å². The van der Waals surface area contributed by atoms with Crippen LogP contribution in [0.3, 0.4) is 0 Å². The normalized spacial score (nSPS) is 19.0. The highest BCUT2D eigenvalue weighted by atomic mass is 16.5. The van der Waals surface area contributed by atoms with Gasteiger partial charge in [0.1, 0.15) is 17.1 Å². The Kier molecular flexibility index (Phi) is 7.58. The minimum Gasteiger partial charge on any atom is -0.496 e. The van der Waals surface area contributed by atoms with Crippen LogP contribution < -0.4 is 15.0 Å². The van der Waals surface area contributed by atoms with Crippen molar-refractivity contribution in [2.24, 2.45) is 0 Å². The molecular formula is C26H35N3O5. The Balaban J connectivity index is 1.55. The lowest BCUT2D eigenvalue weighted by Crippen LogP contribution is -2.43. The largest absolute Gasteiger partial charge is 0.496 e. The lowest BCUT2D eigenvalue weighted by Gasteiger charge is -2.31. The number of aliphatic hydroxyl groups is 1. The Labute approximate surface area is 200 Å². The molecule has 8 heteroatoms. The van der Waals surface area contributed by atoms with Crippen molar-refractivity contribution in [2.75, 3.05) is 33.3 Å². The SMILES string of the molecule is COc1cc(=O)n2c(c1C(=O)N1CCC[C@@H](O)C1)CCN(Cc1ccc(OC(C)C)cc1)CC2. The summed E-state index contributed by atoms with van der Waals surface area (Å²) in [4.78, 5) is 30.4. The number of amides is 1. The molecule has 0 saturated carbocycles. The van der Waals surface area contributed by atoms with Crippen LogP contribution >= 0.6 is 0 Å². The molecule has 1 saturated heterocycles. The number of hydrogen-bond acceptors (Lipinski definition) is 6. The van der Waals surface area contributed by atoms with Crippen molar-refractivity contribution in [3.8, 4) is 11.5 Å². The van der Waals surface area contributed by atoms with Gasteiger partial charge >= 0.3 is 0 Å². The minimum atomic E-state index is -0.512. The first-order valence-electron chi connectivity index (χ1n) is 12.1. The molecule has 1 amide bonds. The molecule has 34 heavy (non-hydrogen) atoms. The van der Waals surface area contributed by atoms with Gasteiger partial charge in [-0.3, -0.25) is 14.5 Å². The third-order valence-electron chi connectivity index (χ3n) is 6.50. The van der Waals surface area contributed by atoms with Gasteiger partial charge in [-0.25, -0.2) is 0 Å². The topological polar surface area (TPSA) is 84.2 Å². The maximum atomic E-state index is 13.5. The van der Waals surface area contributed by atoms with Crippen molar-refractivity contribution in [3.63, 3.8) is 0 Å². The van der Waals surface area contributed by atoms with Crippen molar-refractivity contribution in [2.45, 2.75) is 58.4 Å². The lowest BCUT2D eigenvalue weighted by atomic mass is 10.0. The maximum Gasteiger partial charge on any atom is 0.259 e. The number of aromatic nitrogens is 1. The summed E-state index contributed by atoms with van der Waals surface area (Å²) in [6, 6.07) is 9.53. The molecule has 1 fully saturated rings. The van der Waals surface area contributed by atoms with E-state index in [9.17, 15) is 14.7 Å². The van der Waals surface area contributed by atoms with E-state index in [1.54, 1.807) is 9.47 Å². The van der Waals surface area contributed by atoms with Crippen LogP contribution in [-0.2, 0) is 19.5 Å². The fourth-order valence-electron chi connectivity index (χ4n) is 4.84. The lowest BCUT2D eigenvalue weighted by molar-refractivity contribution is 0.0469.